The molecule has 1 amide bonds. The van der Waals surface area contributed by atoms with Gasteiger partial charge in [0.05, 0.1) is 0 Å². The fraction of sp³-hybridized carbons (Fsp3) is 0.667. The molecule has 1 heterocycles. The fourth-order valence-corrected chi connectivity index (χ4v) is 1.08. The zero-order chi connectivity index (χ0) is 8.43. The van der Waals surface area contributed by atoms with E-state index in [4.69, 9.17) is 5.11 Å². The molecule has 0 aromatic carbocycles. The second-order valence-electron chi connectivity index (χ2n) is 2.51. The number of carboxylic acid groups (broad SMARTS) is 1. The van der Waals surface area contributed by atoms with Gasteiger partial charge in [0, 0.05) is 13.1 Å². The molecule has 1 rings (SSSR count). The average Bonchev–Trinajstić information content (AvgIpc) is 1.85. The molecule has 1 atom stereocenters. The van der Waals surface area contributed by atoms with Crippen molar-refractivity contribution in [2.75, 3.05) is 20.1 Å². The molecule has 0 saturated carbocycles. The molecular formula is C6H10N2O3. The number of nitrogens with zero attached hydrogens (tertiary/aromatic N) is 1. The molecule has 1 unspecified atom stereocenters. The van der Waals surface area contributed by atoms with Crippen molar-refractivity contribution in [3.63, 3.8) is 0 Å². The second kappa shape index (κ2) is 2.87. The van der Waals surface area contributed by atoms with Crippen molar-refractivity contribution in [1.82, 2.24) is 10.2 Å². The third-order valence-corrected chi connectivity index (χ3v) is 1.69. The molecule has 62 valence electrons. The quantitative estimate of drug-likeness (QED) is 0.456. The van der Waals surface area contributed by atoms with E-state index in [1.54, 1.807) is 7.05 Å². The Hall–Kier alpha value is -1.10. The lowest BCUT2D eigenvalue weighted by Crippen LogP contribution is -2.57. The van der Waals surface area contributed by atoms with Gasteiger partial charge >= 0.3 is 5.97 Å². The number of carbonyl (C=O) groups is 2. The number of carboxylic acids is 1. The van der Waals surface area contributed by atoms with Gasteiger partial charge in [-0.1, -0.05) is 0 Å². The van der Waals surface area contributed by atoms with E-state index in [0.29, 0.717) is 13.1 Å². The highest BCUT2D eigenvalue weighted by atomic mass is 16.4. The molecule has 5 heteroatoms. The fourth-order valence-electron chi connectivity index (χ4n) is 1.08. The minimum absolute atomic E-state index is 0.425. The van der Waals surface area contributed by atoms with Crippen LogP contribution in [-0.4, -0.2) is 48.1 Å². The van der Waals surface area contributed by atoms with Crippen LogP contribution in [0, 0.1) is 0 Å². The molecule has 1 fully saturated rings. The van der Waals surface area contributed by atoms with E-state index in [2.05, 4.69) is 5.32 Å². The second-order valence-corrected chi connectivity index (χ2v) is 2.51. The number of likely N-dealkylation sites (N-methyl/N-ethyl adjacent to an activating group) is 1. The molecule has 0 bridgehead atoms. The van der Waals surface area contributed by atoms with Gasteiger partial charge in [0.2, 0.25) is 5.91 Å². The number of amides is 1. The van der Waals surface area contributed by atoms with E-state index < -0.39 is 17.9 Å². The van der Waals surface area contributed by atoms with Crippen molar-refractivity contribution in [2.45, 2.75) is 6.04 Å². The van der Waals surface area contributed by atoms with Gasteiger partial charge in [0.25, 0.3) is 0 Å². The number of hydrogen-bond acceptors (Lipinski definition) is 3. The van der Waals surface area contributed by atoms with Crippen LogP contribution in [0.4, 0.5) is 0 Å². The molecule has 0 radical (unpaired) electrons. The van der Waals surface area contributed by atoms with E-state index >= 15 is 0 Å². The maximum atomic E-state index is 10.9. The summed E-state index contributed by atoms with van der Waals surface area (Å²) >= 11 is 0. The van der Waals surface area contributed by atoms with Crippen LogP contribution in [-0.2, 0) is 9.59 Å². The summed E-state index contributed by atoms with van der Waals surface area (Å²) in [4.78, 5) is 22.9. The summed E-state index contributed by atoms with van der Waals surface area (Å²) < 4.78 is 0. The zero-order valence-corrected chi connectivity index (χ0v) is 6.20. The molecular weight excluding hydrogens is 148 g/mol. The number of rotatable bonds is 1. The molecule has 5 nitrogen and oxygen atoms in total. The Balaban J connectivity index is 2.70. The van der Waals surface area contributed by atoms with Gasteiger partial charge in [0.1, 0.15) is 0 Å². The van der Waals surface area contributed by atoms with Gasteiger partial charge in [-0.2, -0.15) is 0 Å². The van der Waals surface area contributed by atoms with Crippen molar-refractivity contribution < 1.29 is 14.7 Å². The van der Waals surface area contributed by atoms with Crippen molar-refractivity contribution in [3.05, 3.63) is 0 Å². The van der Waals surface area contributed by atoms with Crippen molar-refractivity contribution in [3.8, 4) is 0 Å². The van der Waals surface area contributed by atoms with Gasteiger partial charge in [-0.05, 0) is 7.05 Å². The van der Waals surface area contributed by atoms with Gasteiger partial charge in [-0.15, -0.1) is 0 Å². The first kappa shape index (κ1) is 8.00. The largest absolute Gasteiger partial charge is 0.480 e. The molecule has 1 aliphatic rings. The van der Waals surface area contributed by atoms with E-state index in [-0.39, 0.29) is 0 Å². The molecule has 0 spiro atoms. The molecule has 11 heavy (non-hydrogen) atoms. The highest BCUT2D eigenvalue weighted by Gasteiger charge is 2.32. The minimum atomic E-state index is -1.09. The molecule has 0 aromatic heterocycles. The number of carbonyl (C=O) groups excluding carboxylic acids is 1. The topological polar surface area (TPSA) is 69.6 Å². The number of aliphatic carboxylic acids is 1. The normalized spacial score (nSPS) is 26.3. The van der Waals surface area contributed by atoms with Crippen LogP contribution in [0.2, 0.25) is 0 Å². The third-order valence-electron chi connectivity index (χ3n) is 1.69. The molecule has 2 N–H and O–H groups in total. The van der Waals surface area contributed by atoms with Crippen molar-refractivity contribution in [1.29, 1.82) is 0 Å². The molecule has 1 saturated heterocycles. The van der Waals surface area contributed by atoms with Crippen LogP contribution >= 0.6 is 0 Å². The summed E-state index contributed by atoms with van der Waals surface area (Å²) in [5, 5.41) is 11.1. The van der Waals surface area contributed by atoms with Crippen LogP contribution in [0.25, 0.3) is 0 Å². The summed E-state index contributed by atoms with van der Waals surface area (Å²) in [6.07, 6.45) is 0. The van der Waals surface area contributed by atoms with E-state index in [0.717, 1.165) is 0 Å². The lowest BCUT2D eigenvalue weighted by atomic mass is 10.2. The van der Waals surface area contributed by atoms with Gasteiger partial charge in [-0.25, -0.2) is 4.79 Å². The number of nitrogens with one attached hydrogen (secondary N) is 1. The van der Waals surface area contributed by atoms with E-state index in [1.807, 2.05) is 0 Å². The first-order chi connectivity index (χ1) is 5.13. The highest BCUT2D eigenvalue weighted by molar-refractivity contribution is 6.01. The lowest BCUT2D eigenvalue weighted by molar-refractivity contribution is -0.149. The lowest BCUT2D eigenvalue weighted by Gasteiger charge is -2.28. The summed E-state index contributed by atoms with van der Waals surface area (Å²) in [5.74, 6) is -1.52. The standard InChI is InChI=1S/C6H10N2O3/c1-8-3-2-7-5(9)4(8)6(10)11/h4H,2-3H2,1H3,(H,7,9)(H,10,11). The van der Waals surface area contributed by atoms with Gasteiger partial charge < -0.3 is 10.4 Å². The van der Waals surface area contributed by atoms with Crippen LogP contribution in [0.1, 0.15) is 0 Å². The zero-order valence-electron chi connectivity index (χ0n) is 6.20. The Kier molecular flexibility index (Phi) is 2.09. The Bertz CT molecular complexity index is 192. The Morgan fingerprint density at radius 3 is 2.82 bits per heavy atom. The minimum Gasteiger partial charge on any atom is -0.480 e. The number of piperazine rings is 1. The predicted octanol–water partition coefficient (Wildman–Crippen LogP) is -1.50. The SMILES string of the molecule is CN1CCNC(=O)C1C(=O)O. The Morgan fingerprint density at radius 2 is 2.45 bits per heavy atom. The molecule has 1 aliphatic heterocycles. The smallest absolute Gasteiger partial charge is 0.330 e. The Labute approximate surface area is 64.0 Å². The molecule has 0 aliphatic carbocycles. The summed E-state index contributed by atoms with van der Waals surface area (Å²) in [6.45, 7) is 1.11. The van der Waals surface area contributed by atoms with Crippen LogP contribution in [0.15, 0.2) is 0 Å². The van der Waals surface area contributed by atoms with Gasteiger partial charge in [0.15, 0.2) is 6.04 Å². The molecule has 0 aromatic rings. The monoisotopic (exact) mass is 158 g/mol. The number of hydrogen-bond donors (Lipinski definition) is 2. The summed E-state index contributed by atoms with van der Waals surface area (Å²) in [7, 11) is 1.62. The van der Waals surface area contributed by atoms with Gasteiger partial charge in [-0.3, -0.25) is 9.69 Å². The van der Waals surface area contributed by atoms with Crippen molar-refractivity contribution in [2.24, 2.45) is 0 Å². The van der Waals surface area contributed by atoms with E-state index in [1.165, 1.54) is 4.90 Å². The van der Waals surface area contributed by atoms with Crippen LogP contribution in [0.3, 0.4) is 0 Å². The Morgan fingerprint density at radius 1 is 1.82 bits per heavy atom. The first-order valence-electron chi connectivity index (χ1n) is 3.33. The average molecular weight is 158 g/mol. The van der Waals surface area contributed by atoms with Crippen LogP contribution in [0.5, 0.6) is 0 Å². The maximum Gasteiger partial charge on any atom is 0.330 e. The maximum absolute atomic E-state index is 10.9. The predicted molar refractivity (Wildman–Crippen MR) is 37.1 cm³/mol. The van der Waals surface area contributed by atoms with Crippen molar-refractivity contribution >= 4 is 11.9 Å². The summed E-state index contributed by atoms with van der Waals surface area (Å²) in [6, 6.07) is -1.01. The summed E-state index contributed by atoms with van der Waals surface area (Å²) in [5.41, 5.74) is 0. The third kappa shape index (κ3) is 1.48. The van der Waals surface area contributed by atoms with E-state index in [9.17, 15) is 9.59 Å². The first-order valence-corrected chi connectivity index (χ1v) is 3.33. The highest BCUT2D eigenvalue weighted by Crippen LogP contribution is 2.00. The van der Waals surface area contributed by atoms with Crippen LogP contribution < -0.4 is 5.32 Å².